The molecule has 1 unspecified atom stereocenters. The minimum Gasteiger partial charge on any atom is -0.480 e. The molecule has 3 atom stereocenters. The van der Waals surface area contributed by atoms with Gasteiger partial charge in [0, 0.05) is 25.2 Å². The second-order valence-electron chi connectivity index (χ2n) is 6.93. The molecule has 0 spiro atoms. The maximum atomic E-state index is 12.8. The molecule has 2 rings (SSSR count). The van der Waals surface area contributed by atoms with Gasteiger partial charge in [-0.1, -0.05) is 5.16 Å². The number of nitrogens with zero attached hydrogens (tertiary/aromatic N) is 1. The first kappa shape index (κ1) is 28.0. The number of hydrogen-bond acceptors (Lipinski definition) is 13. The second kappa shape index (κ2) is 13.0. The number of nitrogens with two attached hydrogens (primary N) is 1. The number of carboxylic acid groups (broad SMARTS) is 1. The Labute approximate surface area is 208 Å². The smallest absolute Gasteiger partial charge is 0.404 e. The number of esters is 2. The first-order valence-corrected chi connectivity index (χ1v) is 11.2. The van der Waals surface area contributed by atoms with Crippen molar-refractivity contribution in [3.63, 3.8) is 0 Å². The number of amides is 2. The van der Waals surface area contributed by atoms with Gasteiger partial charge in [0.2, 0.25) is 12.0 Å². The van der Waals surface area contributed by atoms with Gasteiger partial charge < -0.3 is 44.9 Å². The highest BCUT2D eigenvalue weighted by Gasteiger charge is 2.37. The van der Waals surface area contributed by atoms with Crippen LogP contribution in [0.2, 0.25) is 0 Å². The predicted molar refractivity (Wildman–Crippen MR) is 121 cm³/mol. The van der Waals surface area contributed by atoms with Gasteiger partial charge in [0.25, 0.3) is 5.91 Å². The van der Waals surface area contributed by atoms with Crippen LogP contribution in [0.5, 0.6) is 0 Å². The van der Waals surface area contributed by atoms with Gasteiger partial charge in [-0.05, 0) is 12.1 Å². The van der Waals surface area contributed by atoms with Crippen molar-refractivity contribution in [3.05, 3.63) is 35.4 Å². The Morgan fingerprint density at radius 1 is 1.33 bits per heavy atom. The third-order valence-corrected chi connectivity index (χ3v) is 5.55. The molecule has 196 valence electrons. The Morgan fingerprint density at radius 2 is 2.06 bits per heavy atom. The second-order valence-corrected chi connectivity index (χ2v) is 8.06. The van der Waals surface area contributed by atoms with E-state index < -0.39 is 54.2 Å². The number of rotatable bonds is 11. The molecule has 1 aromatic heterocycles. The number of carboxylic acids is 1. The van der Waals surface area contributed by atoms with Crippen molar-refractivity contribution in [1.82, 2.24) is 10.6 Å². The van der Waals surface area contributed by atoms with Crippen LogP contribution in [-0.2, 0) is 38.2 Å². The van der Waals surface area contributed by atoms with E-state index in [-0.39, 0.29) is 28.5 Å². The lowest BCUT2D eigenvalue weighted by molar-refractivity contribution is -0.180. The molecule has 0 saturated carbocycles. The molecule has 16 heteroatoms. The third-order valence-electron chi connectivity index (χ3n) is 4.28. The van der Waals surface area contributed by atoms with Crippen LogP contribution < -0.4 is 16.4 Å². The summed E-state index contributed by atoms with van der Waals surface area (Å²) < 4.78 is 19.7. The van der Waals surface area contributed by atoms with E-state index in [9.17, 15) is 29.1 Å². The number of carbonyl (C=O) groups excluding carboxylic acids is 4. The van der Waals surface area contributed by atoms with Crippen molar-refractivity contribution in [1.29, 1.82) is 0 Å². The molecule has 1 aliphatic heterocycles. The zero-order valence-corrected chi connectivity index (χ0v) is 20.2. The normalized spacial score (nSPS) is 17.2. The highest BCUT2D eigenvalue weighted by molar-refractivity contribution is 8.00. The molecular weight excluding hydrogens is 504 g/mol. The summed E-state index contributed by atoms with van der Waals surface area (Å²) in [5.74, 6) is -4.08. The van der Waals surface area contributed by atoms with Gasteiger partial charge in [0.05, 0.1) is 6.26 Å². The van der Waals surface area contributed by atoms with Crippen molar-refractivity contribution in [2.45, 2.75) is 31.6 Å². The van der Waals surface area contributed by atoms with Crippen LogP contribution in [0.4, 0.5) is 4.79 Å². The summed E-state index contributed by atoms with van der Waals surface area (Å²) in [5.41, 5.74) is 4.62. The Morgan fingerprint density at radius 3 is 2.61 bits per heavy atom. The van der Waals surface area contributed by atoms with Gasteiger partial charge in [0.1, 0.15) is 24.8 Å². The van der Waals surface area contributed by atoms with Gasteiger partial charge in [0.15, 0.2) is 11.8 Å². The molecule has 1 aromatic rings. The molecule has 0 bridgehead atoms. The molecule has 36 heavy (non-hydrogen) atoms. The first-order valence-electron chi connectivity index (χ1n) is 10.1. The quantitative estimate of drug-likeness (QED) is 0.125. The number of oxime groups is 1. The number of thioether (sulfide) groups is 1. The molecule has 2 amide bonds. The Hall–Kier alpha value is -4.21. The standard InChI is InChI=1S/C20H24N4O11S/c1-9(25)34-10(2)35-19(29)13-11(7-33-20(21)30)8-36-17(23-13)15(18(27)28)22-16(26)14(24-31-3)12-5-4-6-32-12/h4-6,10,15,17,23H,7-8H2,1-3H3,(H2,21,30)(H,22,26)(H,27,28)/b24-14+/t10?,15-,17-/m1/s1. The lowest BCUT2D eigenvalue weighted by atomic mass is 10.2. The molecule has 0 saturated heterocycles. The van der Waals surface area contributed by atoms with Crippen LogP contribution >= 0.6 is 11.8 Å². The molecule has 1 aliphatic rings. The molecular formula is C20H24N4O11S. The maximum Gasteiger partial charge on any atom is 0.404 e. The fraction of sp³-hybridized carbons (Fsp3) is 0.400. The van der Waals surface area contributed by atoms with Crippen molar-refractivity contribution in [3.8, 4) is 0 Å². The Balaban J connectivity index is 2.27. The summed E-state index contributed by atoms with van der Waals surface area (Å²) in [6.07, 6.45) is -1.09. The molecule has 5 N–H and O–H groups in total. The summed E-state index contributed by atoms with van der Waals surface area (Å²) >= 11 is 0.990. The summed E-state index contributed by atoms with van der Waals surface area (Å²) in [7, 11) is 1.19. The zero-order valence-electron chi connectivity index (χ0n) is 19.3. The van der Waals surface area contributed by atoms with Gasteiger partial charge in [-0.3, -0.25) is 9.59 Å². The van der Waals surface area contributed by atoms with E-state index in [1.165, 1.54) is 32.4 Å². The summed E-state index contributed by atoms with van der Waals surface area (Å²) in [6, 6.07) is 1.33. The van der Waals surface area contributed by atoms with Crippen LogP contribution in [-0.4, -0.2) is 77.9 Å². The van der Waals surface area contributed by atoms with Gasteiger partial charge in [-0.2, -0.15) is 0 Å². The van der Waals surface area contributed by atoms with Crippen LogP contribution in [0.25, 0.3) is 0 Å². The monoisotopic (exact) mass is 528 g/mol. The lowest BCUT2D eigenvalue weighted by Gasteiger charge is -2.32. The van der Waals surface area contributed by atoms with E-state index in [4.69, 9.17) is 24.4 Å². The molecule has 0 radical (unpaired) electrons. The van der Waals surface area contributed by atoms with Crippen LogP contribution in [0.3, 0.4) is 0 Å². The first-order chi connectivity index (χ1) is 17.0. The Kier molecular flexibility index (Phi) is 10.1. The van der Waals surface area contributed by atoms with E-state index >= 15 is 0 Å². The van der Waals surface area contributed by atoms with Crippen molar-refractivity contribution < 1.29 is 52.5 Å². The number of furan rings is 1. The van der Waals surface area contributed by atoms with Crippen LogP contribution in [0.1, 0.15) is 19.6 Å². The summed E-state index contributed by atoms with van der Waals surface area (Å²) in [4.78, 5) is 64.4. The fourth-order valence-electron chi connectivity index (χ4n) is 2.85. The highest BCUT2D eigenvalue weighted by Crippen LogP contribution is 2.26. The van der Waals surface area contributed by atoms with Crippen molar-refractivity contribution in [2.75, 3.05) is 19.5 Å². The van der Waals surface area contributed by atoms with Gasteiger partial charge in [-0.15, -0.1) is 11.8 Å². The highest BCUT2D eigenvalue weighted by atomic mass is 32.2. The fourth-order valence-corrected chi connectivity index (χ4v) is 4.04. The van der Waals surface area contributed by atoms with Crippen molar-refractivity contribution in [2.24, 2.45) is 10.9 Å². The Bertz CT molecular complexity index is 1050. The van der Waals surface area contributed by atoms with Gasteiger partial charge in [-0.25, -0.2) is 14.4 Å². The number of carbonyl (C=O) groups is 5. The summed E-state index contributed by atoms with van der Waals surface area (Å²) in [5, 5.41) is 17.3. The number of hydrogen-bond donors (Lipinski definition) is 4. The van der Waals surface area contributed by atoms with E-state index in [2.05, 4.69) is 20.6 Å². The number of primary amides is 1. The minimum absolute atomic E-state index is 0.00578. The number of aliphatic carboxylic acids is 1. The summed E-state index contributed by atoms with van der Waals surface area (Å²) in [6.45, 7) is 2.01. The topological polar surface area (TPSA) is 218 Å². The van der Waals surface area contributed by atoms with Gasteiger partial charge >= 0.3 is 24.0 Å². The molecule has 15 nitrogen and oxygen atoms in total. The average Bonchev–Trinajstić information content (AvgIpc) is 3.33. The molecule has 2 heterocycles. The van der Waals surface area contributed by atoms with Crippen molar-refractivity contribution >= 4 is 47.4 Å². The lowest BCUT2D eigenvalue weighted by Crippen LogP contribution is -2.56. The van der Waals surface area contributed by atoms with E-state index in [0.29, 0.717) is 0 Å². The maximum absolute atomic E-state index is 12.8. The zero-order chi connectivity index (χ0) is 26.8. The molecule has 0 aromatic carbocycles. The van der Waals surface area contributed by atoms with E-state index in [1.54, 1.807) is 0 Å². The number of ether oxygens (including phenoxy) is 3. The van der Waals surface area contributed by atoms with E-state index in [1.807, 2.05) is 0 Å². The molecule has 0 aliphatic carbocycles. The van der Waals surface area contributed by atoms with E-state index in [0.717, 1.165) is 18.7 Å². The third kappa shape index (κ3) is 7.93. The largest absolute Gasteiger partial charge is 0.480 e. The minimum atomic E-state index is -1.59. The predicted octanol–water partition coefficient (Wildman–Crippen LogP) is -0.336. The average molecular weight is 528 g/mol. The van der Waals surface area contributed by atoms with Crippen LogP contribution in [0.15, 0.2) is 39.2 Å². The van der Waals surface area contributed by atoms with Crippen LogP contribution in [0, 0.1) is 0 Å². The number of nitrogens with one attached hydrogen (secondary N) is 2. The SMILES string of the molecule is CO/N=C(/C(=O)N[C@@H](C(=O)O)[C@@H]1NC(C(=O)OC(C)OC(C)=O)=C(COC(N)=O)CS1)c1ccco1. The molecule has 0 fully saturated rings.